The van der Waals surface area contributed by atoms with E-state index in [0.29, 0.717) is 6.42 Å². The quantitative estimate of drug-likeness (QED) is 0.752. The highest BCUT2D eigenvalue weighted by molar-refractivity contribution is 5.79. The van der Waals surface area contributed by atoms with Crippen LogP contribution in [0.15, 0.2) is 0 Å². The van der Waals surface area contributed by atoms with Gasteiger partial charge in [-0.1, -0.05) is 6.92 Å². The van der Waals surface area contributed by atoms with E-state index in [1.807, 2.05) is 13.8 Å². The standard InChI is InChI=1S/C10H17F2NO/c1-3-7(2)13-9(14)8-4-5-10(11,12)6-8/h7-8H,3-6H2,1-2H3,(H,13,14). The number of rotatable bonds is 3. The van der Waals surface area contributed by atoms with Crippen LogP contribution in [0.25, 0.3) is 0 Å². The van der Waals surface area contributed by atoms with E-state index in [2.05, 4.69) is 5.32 Å². The molecule has 0 aromatic heterocycles. The minimum Gasteiger partial charge on any atom is -0.353 e. The van der Waals surface area contributed by atoms with Crippen LogP contribution in [-0.2, 0) is 4.79 Å². The van der Waals surface area contributed by atoms with Crippen molar-refractivity contribution in [2.24, 2.45) is 5.92 Å². The second kappa shape index (κ2) is 4.24. The second-order valence-corrected chi connectivity index (χ2v) is 4.11. The summed E-state index contributed by atoms with van der Waals surface area (Å²) in [5.74, 6) is -3.33. The molecule has 0 bridgehead atoms. The molecule has 0 heterocycles. The van der Waals surface area contributed by atoms with E-state index in [9.17, 15) is 13.6 Å². The molecule has 1 aliphatic rings. The first kappa shape index (κ1) is 11.4. The Balaban J connectivity index is 2.40. The predicted octanol–water partition coefficient (Wildman–Crippen LogP) is 2.34. The van der Waals surface area contributed by atoms with Crippen molar-refractivity contribution in [1.29, 1.82) is 0 Å². The van der Waals surface area contributed by atoms with Crippen LogP contribution in [0.3, 0.4) is 0 Å². The molecule has 1 saturated carbocycles. The fraction of sp³-hybridized carbons (Fsp3) is 0.900. The first-order valence-electron chi connectivity index (χ1n) is 5.13. The van der Waals surface area contributed by atoms with Gasteiger partial charge in [0.2, 0.25) is 11.8 Å². The number of carbonyl (C=O) groups is 1. The molecule has 1 fully saturated rings. The maximum absolute atomic E-state index is 12.8. The molecule has 4 heteroatoms. The Morgan fingerprint density at radius 1 is 1.64 bits per heavy atom. The minimum atomic E-state index is -2.63. The lowest BCUT2D eigenvalue weighted by Gasteiger charge is -2.15. The minimum absolute atomic E-state index is 0.0803. The maximum Gasteiger partial charge on any atom is 0.248 e. The van der Waals surface area contributed by atoms with Gasteiger partial charge in [-0.15, -0.1) is 0 Å². The molecule has 2 nitrogen and oxygen atoms in total. The molecule has 2 atom stereocenters. The van der Waals surface area contributed by atoms with E-state index in [-0.39, 0.29) is 24.8 Å². The van der Waals surface area contributed by atoms with Crippen LogP contribution in [0.5, 0.6) is 0 Å². The van der Waals surface area contributed by atoms with Crippen molar-refractivity contribution in [1.82, 2.24) is 5.32 Å². The highest BCUT2D eigenvalue weighted by Gasteiger charge is 2.42. The lowest BCUT2D eigenvalue weighted by molar-refractivity contribution is -0.126. The summed E-state index contributed by atoms with van der Waals surface area (Å²) in [6.45, 7) is 3.83. The van der Waals surface area contributed by atoms with Crippen LogP contribution < -0.4 is 5.32 Å². The summed E-state index contributed by atoms with van der Waals surface area (Å²) in [5, 5.41) is 2.74. The van der Waals surface area contributed by atoms with E-state index in [1.165, 1.54) is 0 Å². The number of amides is 1. The van der Waals surface area contributed by atoms with Gasteiger partial charge in [-0.3, -0.25) is 4.79 Å². The number of alkyl halides is 2. The number of carbonyl (C=O) groups excluding carboxylic acids is 1. The van der Waals surface area contributed by atoms with E-state index in [1.54, 1.807) is 0 Å². The maximum atomic E-state index is 12.8. The zero-order valence-electron chi connectivity index (χ0n) is 8.65. The average Bonchev–Trinajstić information content (AvgIpc) is 2.46. The number of halogens is 2. The van der Waals surface area contributed by atoms with Gasteiger partial charge in [-0.05, 0) is 19.8 Å². The molecule has 1 N–H and O–H groups in total. The first-order chi connectivity index (χ1) is 6.44. The van der Waals surface area contributed by atoms with Gasteiger partial charge in [0.1, 0.15) is 0 Å². The topological polar surface area (TPSA) is 29.1 Å². The third kappa shape index (κ3) is 2.93. The molecule has 0 saturated heterocycles. The van der Waals surface area contributed by atoms with Crippen LogP contribution >= 0.6 is 0 Å². The molecule has 82 valence electrons. The summed E-state index contributed by atoms with van der Waals surface area (Å²) in [7, 11) is 0. The van der Waals surface area contributed by atoms with Gasteiger partial charge >= 0.3 is 0 Å². The van der Waals surface area contributed by atoms with E-state index < -0.39 is 11.8 Å². The van der Waals surface area contributed by atoms with Crippen LogP contribution in [0.4, 0.5) is 8.78 Å². The van der Waals surface area contributed by atoms with Gasteiger partial charge < -0.3 is 5.32 Å². The lowest BCUT2D eigenvalue weighted by atomic mass is 10.1. The second-order valence-electron chi connectivity index (χ2n) is 4.11. The SMILES string of the molecule is CCC(C)NC(=O)C1CCC(F)(F)C1. The summed E-state index contributed by atoms with van der Waals surface area (Å²) in [4.78, 5) is 11.5. The highest BCUT2D eigenvalue weighted by Crippen LogP contribution is 2.38. The Bertz CT molecular complexity index is 218. The summed E-state index contributed by atoms with van der Waals surface area (Å²) in [6, 6.07) is 0.0803. The average molecular weight is 205 g/mol. The Morgan fingerprint density at radius 3 is 2.71 bits per heavy atom. The zero-order chi connectivity index (χ0) is 10.8. The molecule has 1 amide bonds. The third-order valence-electron chi connectivity index (χ3n) is 2.78. The molecule has 14 heavy (non-hydrogen) atoms. The van der Waals surface area contributed by atoms with E-state index in [0.717, 1.165) is 6.42 Å². The van der Waals surface area contributed by atoms with E-state index >= 15 is 0 Å². The van der Waals surface area contributed by atoms with Crippen molar-refractivity contribution < 1.29 is 13.6 Å². The zero-order valence-corrected chi connectivity index (χ0v) is 8.65. The predicted molar refractivity (Wildman–Crippen MR) is 50.2 cm³/mol. The largest absolute Gasteiger partial charge is 0.353 e. The molecule has 0 spiro atoms. The van der Waals surface area contributed by atoms with Gasteiger partial charge in [0.15, 0.2) is 0 Å². The lowest BCUT2D eigenvalue weighted by Crippen LogP contribution is -2.36. The molecule has 1 aliphatic carbocycles. The monoisotopic (exact) mass is 205 g/mol. The Morgan fingerprint density at radius 2 is 2.29 bits per heavy atom. The number of hydrogen-bond acceptors (Lipinski definition) is 1. The summed E-state index contributed by atoms with van der Waals surface area (Å²) >= 11 is 0. The van der Waals surface area contributed by atoms with Crippen LogP contribution in [0.1, 0.15) is 39.5 Å². The summed E-state index contributed by atoms with van der Waals surface area (Å²) in [6.07, 6.45) is 0.713. The Kier molecular flexibility index (Phi) is 3.45. The summed E-state index contributed by atoms with van der Waals surface area (Å²) < 4.78 is 25.6. The van der Waals surface area contributed by atoms with Gasteiger partial charge in [0.25, 0.3) is 0 Å². The molecule has 1 rings (SSSR count). The molecule has 0 aromatic rings. The first-order valence-corrected chi connectivity index (χ1v) is 5.13. The van der Waals surface area contributed by atoms with Gasteiger partial charge in [-0.2, -0.15) is 0 Å². The van der Waals surface area contributed by atoms with Crippen molar-refractivity contribution in [3.05, 3.63) is 0 Å². The summed E-state index contributed by atoms with van der Waals surface area (Å²) in [5.41, 5.74) is 0. The van der Waals surface area contributed by atoms with Gasteiger partial charge in [0, 0.05) is 24.8 Å². The van der Waals surface area contributed by atoms with Crippen molar-refractivity contribution in [2.75, 3.05) is 0 Å². The molecule has 0 radical (unpaired) electrons. The highest BCUT2D eigenvalue weighted by atomic mass is 19.3. The normalized spacial score (nSPS) is 27.3. The molecule has 0 aromatic carbocycles. The van der Waals surface area contributed by atoms with Crippen LogP contribution in [0, 0.1) is 5.92 Å². The molecular formula is C10H17F2NO. The fourth-order valence-corrected chi connectivity index (χ4v) is 1.64. The molecule has 2 unspecified atom stereocenters. The van der Waals surface area contributed by atoms with Gasteiger partial charge in [-0.25, -0.2) is 8.78 Å². The van der Waals surface area contributed by atoms with Crippen molar-refractivity contribution in [2.45, 2.75) is 51.5 Å². The molecular weight excluding hydrogens is 188 g/mol. The number of nitrogens with one attached hydrogen (secondary N) is 1. The molecule has 0 aliphatic heterocycles. The van der Waals surface area contributed by atoms with Crippen molar-refractivity contribution in [3.8, 4) is 0 Å². The Labute approximate surface area is 83.1 Å². The number of hydrogen-bond donors (Lipinski definition) is 1. The van der Waals surface area contributed by atoms with Gasteiger partial charge in [0.05, 0.1) is 0 Å². The van der Waals surface area contributed by atoms with Crippen molar-refractivity contribution in [3.63, 3.8) is 0 Å². The fourth-order valence-electron chi connectivity index (χ4n) is 1.64. The van der Waals surface area contributed by atoms with Crippen molar-refractivity contribution >= 4 is 5.91 Å². The van der Waals surface area contributed by atoms with Crippen LogP contribution in [0.2, 0.25) is 0 Å². The smallest absolute Gasteiger partial charge is 0.248 e. The van der Waals surface area contributed by atoms with E-state index in [4.69, 9.17) is 0 Å². The van der Waals surface area contributed by atoms with Crippen LogP contribution in [-0.4, -0.2) is 17.9 Å². The Hall–Kier alpha value is -0.670. The third-order valence-corrected chi connectivity index (χ3v) is 2.78.